The molecule has 0 aliphatic carbocycles. The number of rotatable bonds is 5. The van der Waals surface area contributed by atoms with Crippen molar-refractivity contribution in [2.75, 3.05) is 5.32 Å². The highest BCUT2D eigenvalue weighted by molar-refractivity contribution is 5.94. The van der Waals surface area contributed by atoms with E-state index in [4.69, 9.17) is 0 Å². The Kier molecular flexibility index (Phi) is 5.25. The van der Waals surface area contributed by atoms with Crippen LogP contribution in [0, 0.1) is 26.2 Å². The lowest BCUT2D eigenvalue weighted by Gasteiger charge is -2.24. The van der Waals surface area contributed by atoms with E-state index >= 15 is 0 Å². The van der Waals surface area contributed by atoms with Crippen LogP contribution in [-0.2, 0) is 11.2 Å². The summed E-state index contributed by atoms with van der Waals surface area (Å²) in [4.78, 5) is 12.6. The topological polar surface area (TPSA) is 29.1 Å². The van der Waals surface area contributed by atoms with Gasteiger partial charge >= 0.3 is 0 Å². The van der Waals surface area contributed by atoms with Gasteiger partial charge in [0.25, 0.3) is 0 Å². The van der Waals surface area contributed by atoms with E-state index in [1.165, 1.54) is 22.3 Å². The Morgan fingerprint density at radius 2 is 1.61 bits per heavy atom. The molecule has 1 amide bonds. The minimum atomic E-state index is -0.399. The number of hydrogen-bond acceptors (Lipinski definition) is 1. The third-order valence-corrected chi connectivity index (χ3v) is 4.54. The summed E-state index contributed by atoms with van der Waals surface area (Å²) in [5.41, 5.74) is 5.45. The van der Waals surface area contributed by atoms with Crippen molar-refractivity contribution < 1.29 is 4.79 Å². The van der Waals surface area contributed by atoms with Gasteiger partial charge in [-0.2, -0.15) is 0 Å². The molecule has 2 nitrogen and oxygen atoms in total. The summed E-state index contributed by atoms with van der Waals surface area (Å²) in [5, 5.41) is 3.06. The minimum Gasteiger partial charge on any atom is -0.326 e. The predicted molar refractivity (Wildman–Crippen MR) is 97.8 cm³/mol. The van der Waals surface area contributed by atoms with E-state index in [9.17, 15) is 4.79 Å². The highest BCUT2D eigenvalue weighted by Crippen LogP contribution is 2.26. The van der Waals surface area contributed by atoms with E-state index in [0.717, 1.165) is 18.5 Å². The first kappa shape index (κ1) is 17.3. The van der Waals surface area contributed by atoms with Crippen LogP contribution in [0.1, 0.15) is 42.5 Å². The van der Waals surface area contributed by atoms with Crippen LogP contribution in [0.2, 0.25) is 0 Å². The Bertz CT molecular complexity index is 683. The summed E-state index contributed by atoms with van der Waals surface area (Å²) in [6.07, 6.45) is 1.74. The molecule has 0 radical (unpaired) electrons. The van der Waals surface area contributed by atoms with Gasteiger partial charge in [-0.25, -0.2) is 0 Å². The Labute approximate surface area is 139 Å². The minimum absolute atomic E-state index is 0.0767. The van der Waals surface area contributed by atoms with Crippen molar-refractivity contribution in [3.05, 3.63) is 64.7 Å². The zero-order chi connectivity index (χ0) is 17.0. The van der Waals surface area contributed by atoms with Crippen molar-refractivity contribution in [2.45, 2.75) is 47.5 Å². The Morgan fingerprint density at radius 1 is 0.957 bits per heavy atom. The van der Waals surface area contributed by atoms with Crippen LogP contribution in [0.15, 0.2) is 42.5 Å². The average molecular weight is 309 g/mol. The molecular formula is C21H27NO. The van der Waals surface area contributed by atoms with Crippen molar-refractivity contribution >= 4 is 11.6 Å². The molecule has 0 bridgehead atoms. The summed E-state index contributed by atoms with van der Waals surface area (Å²) in [5.74, 6) is 0.0767. The molecule has 0 aliphatic rings. The van der Waals surface area contributed by atoms with E-state index in [1.54, 1.807) is 0 Å². The monoisotopic (exact) mass is 309 g/mol. The maximum absolute atomic E-state index is 12.6. The smallest absolute Gasteiger partial charge is 0.230 e. The highest BCUT2D eigenvalue weighted by atomic mass is 16.2. The summed E-state index contributed by atoms with van der Waals surface area (Å²) >= 11 is 0. The van der Waals surface area contributed by atoms with Crippen LogP contribution in [0.5, 0.6) is 0 Å². The first-order chi connectivity index (χ1) is 10.8. The van der Waals surface area contributed by atoms with E-state index < -0.39 is 5.41 Å². The third kappa shape index (κ3) is 4.69. The number of benzene rings is 2. The molecule has 2 rings (SSSR count). The maximum Gasteiger partial charge on any atom is 0.230 e. The molecule has 1 N–H and O–H groups in total. The molecule has 0 saturated carbocycles. The van der Waals surface area contributed by atoms with Crippen molar-refractivity contribution in [1.29, 1.82) is 0 Å². The molecule has 2 aromatic rings. The Hall–Kier alpha value is -2.09. The maximum atomic E-state index is 12.6. The molecule has 2 heteroatoms. The summed E-state index contributed by atoms with van der Waals surface area (Å²) < 4.78 is 0. The molecular weight excluding hydrogens is 282 g/mol. The van der Waals surface area contributed by atoms with Gasteiger partial charge in [-0.15, -0.1) is 0 Å². The van der Waals surface area contributed by atoms with Gasteiger partial charge < -0.3 is 5.32 Å². The van der Waals surface area contributed by atoms with Crippen LogP contribution >= 0.6 is 0 Å². The quantitative estimate of drug-likeness (QED) is 0.807. The molecule has 0 aliphatic heterocycles. The molecule has 0 spiro atoms. The van der Waals surface area contributed by atoms with Crippen molar-refractivity contribution in [2.24, 2.45) is 5.41 Å². The zero-order valence-electron chi connectivity index (χ0n) is 14.9. The van der Waals surface area contributed by atoms with Crippen LogP contribution in [0.4, 0.5) is 5.69 Å². The van der Waals surface area contributed by atoms with Crippen LogP contribution in [-0.4, -0.2) is 5.91 Å². The highest BCUT2D eigenvalue weighted by Gasteiger charge is 2.27. The largest absolute Gasteiger partial charge is 0.326 e. The number of aryl methyl sites for hydroxylation is 4. The van der Waals surface area contributed by atoms with E-state index in [-0.39, 0.29) is 5.91 Å². The second-order valence-electron chi connectivity index (χ2n) is 7.12. The number of amides is 1. The second kappa shape index (κ2) is 6.99. The SMILES string of the molecule is Cc1ccc(CCC(C)(C)C(=O)Nc2ccc(C)c(C)c2)cc1. The summed E-state index contributed by atoms with van der Waals surface area (Å²) in [7, 11) is 0. The third-order valence-electron chi connectivity index (χ3n) is 4.54. The van der Waals surface area contributed by atoms with Crippen LogP contribution in [0.3, 0.4) is 0 Å². The van der Waals surface area contributed by atoms with Crippen LogP contribution < -0.4 is 5.32 Å². The van der Waals surface area contributed by atoms with Crippen molar-refractivity contribution in [3.63, 3.8) is 0 Å². The number of carbonyl (C=O) groups is 1. The first-order valence-electron chi connectivity index (χ1n) is 8.22. The fourth-order valence-electron chi connectivity index (χ4n) is 2.44. The summed E-state index contributed by atoms with van der Waals surface area (Å²) in [6.45, 7) is 10.2. The van der Waals surface area contributed by atoms with Gasteiger partial charge in [0.2, 0.25) is 5.91 Å². The Morgan fingerprint density at radius 3 is 2.22 bits per heavy atom. The van der Waals surface area contributed by atoms with Gasteiger partial charge in [-0.3, -0.25) is 4.79 Å². The number of anilines is 1. The van der Waals surface area contributed by atoms with Crippen LogP contribution in [0.25, 0.3) is 0 Å². The lowest BCUT2D eigenvalue weighted by Crippen LogP contribution is -2.31. The molecule has 0 aromatic heterocycles. The molecule has 0 saturated heterocycles. The number of nitrogens with one attached hydrogen (secondary N) is 1. The normalized spacial score (nSPS) is 11.3. The van der Waals surface area contributed by atoms with Gasteiger partial charge in [0, 0.05) is 11.1 Å². The zero-order valence-corrected chi connectivity index (χ0v) is 14.9. The van der Waals surface area contributed by atoms with E-state index in [0.29, 0.717) is 0 Å². The van der Waals surface area contributed by atoms with Gasteiger partial charge in [-0.05, 0) is 62.4 Å². The van der Waals surface area contributed by atoms with Gasteiger partial charge in [0.15, 0.2) is 0 Å². The molecule has 23 heavy (non-hydrogen) atoms. The number of carbonyl (C=O) groups excluding carboxylic acids is 1. The fourth-order valence-corrected chi connectivity index (χ4v) is 2.44. The lowest BCUT2D eigenvalue weighted by atomic mass is 9.85. The van der Waals surface area contributed by atoms with Gasteiger partial charge in [-0.1, -0.05) is 49.7 Å². The lowest BCUT2D eigenvalue weighted by molar-refractivity contribution is -0.124. The fraction of sp³-hybridized carbons (Fsp3) is 0.381. The van der Waals surface area contributed by atoms with Gasteiger partial charge in [0.05, 0.1) is 0 Å². The van der Waals surface area contributed by atoms with E-state index in [1.807, 2.05) is 32.0 Å². The standard InChI is InChI=1S/C21H27NO/c1-15-6-9-18(10-7-15)12-13-21(4,5)20(23)22-19-11-8-16(2)17(3)14-19/h6-11,14H,12-13H2,1-5H3,(H,22,23). The molecule has 0 fully saturated rings. The molecule has 122 valence electrons. The van der Waals surface area contributed by atoms with Gasteiger partial charge in [0.1, 0.15) is 0 Å². The Balaban J connectivity index is 1.98. The van der Waals surface area contributed by atoms with Crippen molar-refractivity contribution in [1.82, 2.24) is 0 Å². The molecule has 2 aromatic carbocycles. The molecule has 0 unspecified atom stereocenters. The average Bonchev–Trinajstić information content (AvgIpc) is 2.50. The summed E-state index contributed by atoms with van der Waals surface area (Å²) in [6, 6.07) is 14.6. The first-order valence-corrected chi connectivity index (χ1v) is 8.22. The van der Waals surface area contributed by atoms with E-state index in [2.05, 4.69) is 50.4 Å². The van der Waals surface area contributed by atoms with Crippen molar-refractivity contribution in [3.8, 4) is 0 Å². The molecule has 0 atom stereocenters. The predicted octanol–water partition coefficient (Wildman–Crippen LogP) is 5.21. The second-order valence-corrected chi connectivity index (χ2v) is 7.12. The molecule has 0 heterocycles. The number of hydrogen-bond donors (Lipinski definition) is 1.